The van der Waals surface area contributed by atoms with Crippen molar-refractivity contribution in [2.45, 2.75) is 49.7 Å². The molecule has 1 aliphatic carbocycles. The van der Waals surface area contributed by atoms with Crippen molar-refractivity contribution < 1.29 is 18.0 Å². The molecule has 4 rings (SSSR count). The van der Waals surface area contributed by atoms with Crippen LogP contribution in [0.5, 0.6) is 0 Å². The summed E-state index contributed by atoms with van der Waals surface area (Å²) in [6, 6.07) is 7.21. The van der Waals surface area contributed by atoms with Crippen LogP contribution in [-0.2, 0) is 28.1 Å². The quantitative estimate of drug-likeness (QED) is 0.543. The SMILES string of the molecule is Cn1c(C[C@H]2CCS(=O)(=O)C2)nnc1SCC(=O)Nc1ccccc1C(=O)NC1CCCC1. The van der Waals surface area contributed by atoms with Gasteiger partial charge in [0, 0.05) is 19.5 Å². The first kappa shape index (κ1) is 23.7. The van der Waals surface area contributed by atoms with Gasteiger partial charge in [0.2, 0.25) is 5.91 Å². The van der Waals surface area contributed by atoms with Crippen LogP contribution in [0.25, 0.3) is 0 Å². The third-order valence-corrected chi connectivity index (χ3v) is 9.05. The molecule has 178 valence electrons. The topological polar surface area (TPSA) is 123 Å². The van der Waals surface area contributed by atoms with Crippen LogP contribution in [0, 0.1) is 5.92 Å². The highest BCUT2D eigenvalue weighted by Crippen LogP contribution is 2.24. The zero-order valence-corrected chi connectivity index (χ0v) is 20.3. The van der Waals surface area contributed by atoms with Crippen molar-refractivity contribution in [2.75, 3.05) is 22.6 Å². The Hall–Kier alpha value is -2.40. The Balaban J connectivity index is 1.32. The Morgan fingerprint density at radius 2 is 1.91 bits per heavy atom. The second-order valence-electron chi connectivity index (χ2n) is 8.77. The van der Waals surface area contributed by atoms with Crippen LogP contribution in [0.4, 0.5) is 5.69 Å². The largest absolute Gasteiger partial charge is 0.349 e. The minimum Gasteiger partial charge on any atom is -0.349 e. The van der Waals surface area contributed by atoms with Gasteiger partial charge in [-0.1, -0.05) is 36.7 Å². The summed E-state index contributed by atoms with van der Waals surface area (Å²) in [5.41, 5.74) is 0.940. The third-order valence-electron chi connectivity index (χ3n) is 6.19. The Morgan fingerprint density at radius 1 is 1.15 bits per heavy atom. The number of thioether (sulfide) groups is 1. The summed E-state index contributed by atoms with van der Waals surface area (Å²) in [6.07, 6.45) is 5.45. The highest BCUT2D eigenvalue weighted by Gasteiger charge is 2.29. The minimum absolute atomic E-state index is 0.0610. The average molecular weight is 492 g/mol. The second kappa shape index (κ2) is 10.3. The maximum absolute atomic E-state index is 12.7. The van der Waals surface area contributed by atoms with Gasteiger partial charge in [0.1, 0.15) is 5.82 Å². The van der Waals surface area contributed by atoms with E-state index in [1.165, 1.54) is 11.8 Å². The second-order valence-corrected chi connectivity index (χ2v) is 11.9. The molecule has 2 N–H and O–H groups in total. The van der Waals surface area contributed by atoms with Gasteiger partial charge in [-0.05, 0) is 37.3 Å². The zero-order valence-electron chi connectivity index (χ0n) is 18.6. The molecule has 9 nitrogen and oxygen atoms in total. The van der Waals surface area contributed by atoms with E-state index in [1.807, 2.05) is 11.6 Å². The lowest BCUT2D eigenvalue weighted by molar-refractivity contribution is -0.113. The molecule has 1 atom stereocenters. The fraction of sp³-hybridized carbons (Fsp3) is 0.545. The van der Waals surface area contributed by atoms with Crippen LogP contribution >= 0.6 is 11.8 Å². The first-order chi connectivity index (χ1) is 15.8. The highest BCUT2D eigenvalue weighted by atomic mass is 32.2. The molecule has 0 radical (unpaired) electrons. The van der Waals surface area contributed by atoms with Crippen LogP contribution in [0.2, 0.25) is 0 Å². The summed E-state index contributed by atoms with van der Waals surface area (Å²) >= 11 is 1.25. The summed E-state index contributed by atoms with van der Waals surface area (Å²) in [7, 11) is -1.11. The average Bonchev–Trinajstić information content (AvgIpc) is 3.49. The molecule has 1 aromatic carbocycles. The molecule has 33 heavy (non-hydrogen) atoms. The molecule has 1 saturated heterocycles. The number of carbonyl (C=O) groups is 2. The molecule has 0 unspecified atom stereocenters. The van der Waals surface area contributed by atoms with Gasteiger partial charge in [-0.2, -0.15) is 0 Å². The van der Waals surface area contributed by atoms with Crippen molar-refractivity contribution in [1.29, 1.82) is 0 Å². The molecular weight excluding hydrogens is 462 g/mol. The molecule has 2 aliphatic rings. The number of para-hydroxylation sites is 1. The number of amides is 2. The number of anilines is 1. The Kier molecular flexibility index (Phi) is 7.38. The zero-order chi connectivity index (χ0) is 23.4. The number of hydrogen-bond donors (Lipinski definition) is 2. The van der Waals surface area contributed by atoms with Crippen molar-refractivity contribution in [3.63, 3.8) is 0 Å². The van der Waals surface area contributed by atoms with Crippen molar-refractivity contribution in [1.82, 2.24) is 20.1 Å². The number of sulfone groups is 1. The van der Waals surface area contributed by atoms with Crippen molar-refractivity contribution in [3.05, 3.63) is 35.7 Å². The van der Waals surface area contributed by atoms with Gasteiger partial charge in [0.15, 0.2) is 15.0 Å². The first-order valence-electron chi connectivity index (χ1n) is 11.2. The van der Waals surface area contributed by atoms with Crippen molar-refractivity contribution >= 4 is 39.1 Å². The normalized spacial score (nSPS) is 20.1. The fourth-order valence-electron chi connectivity index (χ4n) is 4.38. The number of carbonyl (C=O) groups excluding carboxylic acids is 2. The van der Waals surface area contributed by atoms with E-state index in [2.05, 4.69) is 20.8 Å². The summed E-state index contributed by atoms with van der Waals surface area (Å²) in [5, 5.41) is 14.8. The molecule has 2 fully saturated rings. The van der Waals surface area contributed by atoms with Crippen LogP contribution in [0.15, 0.2) is 29.4 Å². The van der Waals surface area contributed by atoms with Crippen molar-refractivity contribution in [3.8, 4) is 0 Å². The van der Waals surface area contributed by atoms with Crippen LogP contribution in [0.1, 0.15) is 48.3 Å². The maximum Gasteiger partial charge on any atom is 0.253 e. The molecule has 2 heterocycles. The van der Waals surface area contributed by atoms with Crippen LogP contribution < -0.4 is 10.6 Å². The molecule has 0 bridgehead atoms. The van der Waals surface area contributed by atoms with E-state index >= 15 is 0 Å². The van der Waals surface area contributed by atoms with E-state index < -0.39 is 9.84 Å². The van der Waals surface area contributed by atoms with Crippen LogP contribution in [-0.4, -0.2) is 58.3 Å². The fourth-order valence-corrected chi connectivity index (χ4v) is 6.97. The molecule has 1 aromatic heterocycles. The lowest BCUT2D eigenvalue weighted by Gasteiger charge is -2.15. The minimum atomic E-state index is -2.93. The summed E-state index contributed by atoms with van der Waals surface area (Å²) < 4.78 is 25.2. The van der Waals surface area contributed by atoms with Crippen molar-refractivity contribution in [2.24, 2.45) is 13.0 Å². The van der Waals surface area contributed by atoms with E-state index in [0.29, 0.717) is 35.1 Å². The van der Waals surface area contributed by atoms with E-state index in [0.717, 1.165) is 25.7 Å². The van der Waals surface area contributed by atoms with Gasteiger partial charge in [-0.3, -0.25) is 9.59 Å². The summed E-state index contributed by atoms with van der Waals surface area (Å²) in [6.45, 7) is 0. The highest BCUT2D eigenvalue weighted by molar-refractivity contribution is 7.99. The summed E-state index contributed by atoms with van der Waals surface area (Å²) in [5.74, 6) is 0.905. The van der Waals surface area contributed by atoms with Gasteiger partial charge in [0.05, 0.1) is 28.5 Å². The standard InChI is InChI=1S/C22H29N5O4S2/c1-27-19(12-15-10-11-33(30,31)14-15)25-26-22(27)32-13-20(28)24-18-9-5-4-8-17(18)21(29)23-16-6-2-3-7-16/h4-5,8-9,15-16H,2-3,6-7,10-14H2,1H3,(H,23,29)(H,24,28)/t15-/m1/s1. The molecule has 1 aliphatic heterocycles. The first-order valence-corrected chi connectivity index (χ1v) is 14.0. The molecular formula is C22H29N5O4S2. The number of aromatic nitrogens is 3. The third kappa shape index (κ3) is 6.14. The number of hydrogen-bond acceptors (Lipinski definition) is 7. The van der Waals surface area contributed by atoms with E-state index in [-0.39, 0.29) is 41.0 Å². The molecule has 2 aromatic rings. The van der Waals surface area contributed by atoms with E-state index in [9.17, 15) is 18.0 Å². The van der Waals surface area contributed by atoms with E-state index in [1.54, 1.807) is 24.3 Å². The molecule has 0 spiro atoms. The van der Waals surface area contributed by atoms with E-state index in [4.69, 9.17) is 0 Å². The number of nitrogens with zero attached hydrogens (tertiary/aromatic N) is 3. The maximum atomic E-state index is 12.7. The lowest BCUT2D eigenvalue weighted by Crippen LogP contribution is -2.33. The Morgan fingerprint density at radius 3 is 2.64 bits per heavy atom. The molecule has 11 heteroatoms. The predicted octanol–water partition coefficient (Wildman–Crippen LogP) is 2.20. The van der Waals surface area contributed by atoms with Gasteiger partial charge in [0.25, 0.3) is 5.91 Å². The monoisotopic (exact) mass is 491 g/mol. The molecule has 1 saturated carbocycles. The van der Waals surface area contributed by atoms with Gasteiger partial charge < -0.3 is 15.2 Å². The number of nitrogens with one attached hydrogen (secondary N) is 2. The Bertz CT molecular complexity index is 1130. The Labute approximate surface area is 198 Å². The summed E-state index contributed by atoms with van der Waals surface area (Å²) in [4.78, 5) is 25.3. The van der Waals surface area contributed by atoms with Crippen LogP contribution in [0.3, 0.4) is 0 Å². The molecule has 2 amide bonds. The number of benzene rings is 1. The predicted molar refractivity (Wildman–Crippen MR) is 127 cm³/mol. The van der Waals surface area contributed by atoms with Gasteiger partial charge in [-0.25, -0.2) is 8.42 Å². The van der Waals surface area contributed by atoms with Gasteiger partial charge >= 0.3 is 0 Å². The lowest BCUT2D eigenvalue weighted by atomic mass is 10.1. The number of rotatable bonds is 8. The smallest absolute Gasteiger partial charge is 0.253 e. The van der Waals surface area contributed by atoms with Gasteiger partial charge in [-0.15, -0.1) is 10.2 Å².